The summed E-state index contributed by atoms with van der Waals surface area (Å²) in [6.07, 6.45) is 2.33. The predicted molar refractivity (Wildman–Crippen MR) is 125 cm³/mol. The number of anilines is 1. The molecule has 2 aromatic carbocycles. The molecule has 0 aliphatic heterocycles. The Hall–Kier alpha value is -2.78. The number of hydrogen-bond acceptors (Lipinski definition) is 6. The number of nitrogens with zero attached hydrogens (tertiary/aromatic N) is 2. The van der Waals surface area contributed by atoms with Gasteiger partial charge < -0.3 is 15.5 Å². The number of halogens is 1. The van der Waals surface area contributed by atoms with Gasteiger partial charge in [0.2, 0.25) is 5.91 Å². The first-order valence-electron chi connectivity index (χ1n) is 9.50. The quantitative estimate of drug-likeness (QED) is 0.412. The van der Waals surface area contributed by atoms with Gasteiger partial charge in [0.05, 0.1) is 4.92 Å². The molecule has 0 heterocycles. The van der Waals surface area contributed by atoms with Crippen molar-refractivity contribution in [2.75, 3.05) is 31.0 Å². The van der Waals surface area contributed by atoms with Crippen LogP contribution in [0.4, 0.5) is 11.4 Å². The van der Waals surface area contributed by atoms with Crippen molar-refractivity contribution in [3.63, 3.8) is 0 Å². The standard InChI is InChI=1S/C21H25ClN4O4S/c1-25(2)16-7-4-14(5-8-16)13-23-21(28)18(10-11-31-3)24-20(27)15-6-9-17(22)19(12-15)26(29)30/h4-9,12,18H,10-11,13H2,1-3H3,(H,23,28)(H,24,27). The highest BCUT2D eigenvalue weighted by atomic mass is 35.5. The number of carbonyl (C=O) groups is 2. The second kappa shape index (κ2) is 11.6. The molecule has 0 aliphatic carbocycles. The Bertz CT molecular complexity index is 937. The first-order chi connectivity index (χ1) is 14.7. The predicted octanol–water partition coefficient (Wildman–Crippen LogP) is 3.48. The Labute approximate surface area is 190 Å². The Morgan fingerprint density at radius 1 is 1.19 bits per heavy atom. The summed E-state index contributed by atoms with van der Waals surface area (Å²) < 4.78 is 0. The number of amides is 2. The number of rotatable bonds is 10. The van der Waals surface area contributed by atoms with Gasteiger partial charge in [0.1, 0.15) is 11.1 Å². The van der Waals surface area contributed by atoms with Gasteiger partial charge in [-0.15, -0.1) is 0 Å². The van der Waals surface area contributed by atoms with Crippen molar-refractivity contribution in [2.24, 2.45) is 0 Å². The van der Waals surface area contributed by atoms with E-state index in [1.807, 2.05) is 49.5 Å². The molecule has 166 valence electrons. The molecule has 2 amide bonds. The van der Waals surface area contributed by atoms with Crippen molar-refractivity contribution in [3.8, 4) is 0 Å². The zero-order valence-electron chi connectivity index (χ0n) is 17.6. The second-order valence-corrected chi connectivity index (χ2v) is 8.40. The zero-order valence-corrected chi connectivity index (χ0v) is 19.1. The lowest BCUT2D eigenvalue weighted by Crippen LogP contribution is -2.46. The minimum Gasteiger partial charge on any atom is -0.378 e. The number of hydrogen-bond donors (Lipinski definition) is 2. The third-order valence-corrected chi connectivity index (χ3v) is 5.52. The Balaban J connectivity index is 2.06. The Morgan fingerprint density at radius 3 is 2.45 bits per heavy atom. The van der Waals surface area contributed by atoms with Crippen LogP contribution in [0.2, 0.25) is 5.02 Å². The molecule has 8 nitrogen and oxygen atoms in total. The lowest BCUT2D eigenvalue weighted by Gasteiger charge is -2.19. The topological polar surface area (TPSA) is 105 Å². The van der Waals surface area contributed by atoms with E-state index in [0.717, 1.165) is 17.3 Å². The molecule has 0 aromatic heterocycles. The van der Waals surface area contributed by atoms with Gasteiger partial charge in [-0.3, -0.25) is 19.7 Å². The Kier molecular flexibility index (Phi) is 9.14. The number of nitrogens with one attached hydrogen (secondary N) is 2. The number of benzene rings is 2. The molecule has 10 heteroatoms. The fourth-order valence-corrected chi connectivity index (χ4v) is 3.42. The number of nitro groups is 1. The number of thioether (sulfide) groups is 1. The van der Waals surface area contributed by atoms with Crippen LogP contribution >= 0.6 is 23.4 Å². The van der Waals surface area contributed by atoms with Crippen LogP contribution in [0.3, 0.4) is 0 Å². The first-order valence-corrected chi connectivity index (χ1v) is 11.3. The average Bonchev–Trinajstić information content (AvgIpc) is 2.75. The maximum Gasteiger partial charge on any atom is 0.288 e. The largest absolute Gasteiger partial charge is 0.378 e. The molecule has 0 fully saturated rings. The summed E-state index contributed by atoms with van der Waals surface area (Å²) in [7, 11) is 3.90. The maximum atomic E-state index is 12.7. The monoisotopic (exact) mass is 464 g/mol. The highest BCUT2D eigenvalue weighted by Crippen LogP contribution is 2.25. The van der Waals surface area contributed by atoms with E-state index in [9.17, 15) is 19.7 Å². The van der Waals surface area contributed by atoms with Crippen molar-refractivity contribution in [3.05, 3.63) is 68.7 Å². The van der Waals surface area contributed by atoms with E-state index in [1.165, 1.54) is 12.1 Å². The van der Waals surface area contributed by atoms with Crippen molar-refractivity contribution < 1.29 is 14.5 Å². The van der Waals surface area contributed by atoms with Crippen LogP contribution in [0.25, 0.3) is 0 Å². The van der Waals surface area contributed by atoms with Gasteiger partial charge in [-0.05, 0) is 48.3 Å². The van der Waals surface area contributed by atoms with Crippen LogP contribution in [-0.2, 0) is 11.3 Å². The van der Waals surface area contributed by atoms with Gasteiger partial charge in [0.25, 0.3) is 11.6 Å². The lowest BCUT2D eigenvalue weighted by molar-refractivity contribution is -0.384. The molecule has 2 rings (SSSR count). The zero-order chi connectivity index (χ0) is 23.0. The van der Waals surface area contributed by atoms with E-state index in [-0.39, 0.29) is 22.2 Å². The minimum atomic E-state index is -0.768. The van der Waals surface area contributed by atoms with E-state index >= 15 is 0 Å². The third kappa shape index (κ3) is 7.15. The first kappa shape index (κ1) is 24.5. The van der Waals surface area contributed by atoms with Crippen LogP contribution in [-0.4, -0.2) is 48.9 Å². The van der Waals surface area contributed by atoms with Gasteiger partial charge >= 0.3 is 0 Å². The van der Waals surface area contributed by atoms with Crippen LogP contribution in [0.1, 0.15) is 22.3 Å². The van der Waals surface area contributed by atoms with Crippen molar-refractivity contribution in [2.45, 2.75) is 19.0 Å². The molecule has 0 radical (unpaired) electrons. The van der Waals surface area contributed by atoms with E-state index in [0.29, 0.717) is 18.7 Å². The molecule has 0 spiro atoms. The normalized spacial score (nSPS) is 11.5. The van der Waals surface area contributed by atoms with Crippen LogP contribution in [0.5, 0.6) is 0 Å². The number of carbonyl (C=O) groups excluding carboxylic acids is 2. The molecular formula is C21H25ClN4O4S. The molecule has 31 heavy (non-hydrogen) atoms. The molecule has 2 N–H and O–H groups in total. The van der Waals surface area contributed by atoms with Gasteiger partial charge in [-0.1, -0.05) is 23.7 Å². The molecule has 1 unspecified atom stereocenters. The second-order valence-electron chi connectivity index (χ2n) is 7.01. The van der Waals surface area contributed by atoms with Gasteiger partial charge in [-0.2, -0.15) is 11.8 Å². The smallest absolute Gasteiger partial charge is 0.288 e. The maximum absolute atomic E-state index is 12.7. The van der Waals surface area contributed by atoms with Crippen molar-refractivity contribution in [1.29, 1.82) is 0 Å². The van der Waals surface area contributed by atoms with Gasteiger partial charge in [0, 0.05) is 38.0 Å². The molecule has 0 saturated heterocycles. The van der Waals surface area contributed by atoms with Crippen LogP contribution in [0.15, 0.2) is 42.5 Å². The average molecular weight is 465 g/mol. The van der Waals surface area contributed by atoms with Crippen molar-refractivity contribution in [1.82, 2.24) is 10.6 Å². The van der Waals surface area contributed by atoms with E-state index < -0.39 is 16.9 Å². The van der Waals surface area contributed by atoms with Crippen LogP contribution in [0, 0.1) is 10.1 Å². The lowest BCUT2D eigenvalue weighted by atomic mass is 10.1. The highest BCUT2D eigenvalue weighted by Gasteiger charge is 2.23. The molecule has 2 aromatic rings. The van der Waals surface area contributed by atoms with Crippen molar-refractivity contribution >= 4 is 46.6 Å². The van der Waals surface area contributed by atoms with Crippen LogP contribution < -0.4 is 15.5 Å². The minimum absolute atomic E-state index is 0.0569. The summed E-state index contributed by atoms with van der Waals surface area (Å²) in [5.41, 5.74) is 1.69. The third-order valence-electron chi connectivity index (χ3n) is 4.56. The summed E-state index contributed by atoms with van der Waals surface area (Å²) in [6, 6.07) is 10.8. The molecule has 1 atom stereocenters. The molecule has 0 bridgehead atoms. The summed E-state index contributed by atoms with van der Waals surface area (Å²) in [5, 5.41) is 16.5. The highest BCUT2D eigenvalue weighted by molar-refractivity contribution is 7.98. The summed E-state index contributed by atoms with van der Waals surface area (Å²) in [5.74, 6) is -0.227. The molecule has 0 aliphatic rings. The molecule has 0 saturated carbocycles. The summed E-state index contributed by atoms with van der Waals surface area (Å²) in [6.45, 7) is 0.324. The van der Waals surface area contributed by atoms with E-state index in [2.05, 4.69) is 10.6 Å². The summed E-state index contributed by atoms with van der Waals surface area (Å²) >= 11 is 7.36. The fraction of sp³-hybridized carbons (Fsp3) is 0.333. The molecular weight excluding hydrogens is 440 g/mol. The fourth-order valence-electron chi connectivity index (χ4n) is 2.76. The van der Waals surface area contributed by atoms with E-state index in [4.69, 9.17) is 11.6 Å². The number of nitro benzene ring substituents is 1. The van der Waals surface area contributed by atoms with Gasteiger partial charge in [-0.25, -0.2) is 0 Å². The summed E-state index contributed by atoms with van der Waals surface area (Å²) in [4.78, 5) is 37.7. The van der Waals surface area contributed by atoms with E-state index in [1.54, 1.807) is 11.8 Å². The Morgan fingerprint density at radius 2 is 1.87 bits per heavy atom. The van der Waals surface area contributed by atoms with Gasteiger partial charge in [0.15, 0.2) is 0 Å². The SMILES string of the molecule is CSCCC(NC(=O)c1ccc(Cl)c([N+](=O)[O-])c1)C(=O)NCc1ccc(N(C)C)cc1.